The molecular weight excluding hydrogens is 408 g/mol. The molecule has 32 heavy (non-hydrogen) atoms. The number of benzene rings is 1. The average Bonchev–Trinajstić information content (AvgIpc) is 2.69. The summed E-state index contributed by atoms with van der Waals surface area (Å²) in [7, 11) is 1.26. The van der Waals surface area contributed by atoms with Gasteiger partial charge in [0.1, 0.15) is 18.1 Å². The van der Waals surface area contributed by atoms with Crippen molar-refractivity contribution in [1.29, 1.82) is 0 Å². The highest BCUT2D eigenvalue weighted by atomic mass is 16.7. The van der Waals surface area contributed by atoms with Gasteiger partial charge in [-0.05, 0) is 22.0 Å². The number of hydrogen-bond acceptors (Lipinski definition) is 6. The standard InChI is InChI=1S/C26H30O6/c1-25(2)10-17(27)22-19(12-25)32-20-13-26(3,4)11-18(28)23(20)21(22)16-8-6-15(7-9-16)14-31-24(29)30-5/h6-9,21H,10-14H2,1-5H3. The molecule has 1 heterocycles. The molecule has 1 aromatic carbocycles. The lowest BCUT2D eigenvalue weighted by atomic mass is 9.65. The molecular formula is C26H30O6. The first-order valence-electron chi connectivity index (χ1n) is 11.0. The van der Waals surface area contributed by atoms with Crippen molar-refractivity contribution < 1.29 is 28.6 Å². The van der Waals surface area contributed by atoms with Gasteiger partial charge >= 0.3 is 6.16 Å². The summed E-state index contributed by atoms with van der Waals surface area (Å²) in [5, 5.41) is 0. The average molecular weight is 439 g/mol. The zero-order valence-electron chi connectivity index (χ0n) is 19.4. The summed E-state index contributed by atoms with van der Waals surface area (Å²) in [5.74, 6) is 1.08. The number of hydrogen-bond donors (Lipinski definition) is 0. The van der Waals surface area contributed by atoms with Crippen LogP contribution < -0.4 is 0 Å². The summed E-state index contributed by atoms with van der Waals surface area (Å²) in [6.45, 7) is 8.38. The van der Waals surface area contributed by atoms with Crippen LogP contribution in [0.3, 0.4) is 0 Å². The second-order valence-corrected chi connectivity index (χ2v) is 10.6. The number of allylic oxidation sites excluding steroid dienone is 4. The largest absolute Gasteiger partial charge is 0.508 e. The Bertz CT molecular complexity index is 987. The van der Waals surface area contributed by atoms with Crippen LogP contribution in [0, 0.1) is 10.8 Å². The van der Waals surface area contributed by atoms with Crippen LogP contribution in [0.5, 0.6) is 0 Å². The number of rotatable bonds is 3. The molecule has 6 heteroatoms. The Balaban J connectivity index is 1.75. The summed E-state index contributed by atoms with van der Waals surface area (Å²) in [4.78, 5) is 37.8. The van der Waals surface area contributed by atoms with Crippen LogP contribution in [0.25, 0.3) is 0 Å². The quantitative estimate of drug-likeness (QED) is 0.591. The molecule has 0 bridgehead atoms. The van der Waals surface area contributed by atoms with E-state index in [1.165, 1.54) is 7.11 Å². The number of carbonyl (C=O) groups is 3. The van der Waals surface area contributed by atoms with Gasteiger partial charge in [0.25, 0.3) is 0 Å². The third-order valence-corrected chi connectivity index (χ3v) is 6.42. The lowest BCUT2D eigenvalue weighted by molar-refractivity contribution is -0.120. The van der Waals surface area contributed by atoms with Gasteiger partial charge in [0.05, 0.1) is 7.11 Å². The minimum Gasteiger partial charge on any atom is -0.465 e. The van der Waals surface area contributed by atoms with Crippen molar-refractivity contribution in [2.45, 2.75) is 65.9 Å². The fourth-order valence-electron chi connectivity index (χ4n) is 5.02. The molecule has 4 rings (SSSR count). The third kappa shape index (κ3) is 4.23. The number of methoxy groups -OCH3 is 1. The van der Waals surface area contributed by atoms with Crippen LogP contribution in [-0.2, 0) is 30.4 Å². The fraction of sp³-hybridized carbons (Fsp3) is 0.500. The molecule has 0 unspecified atom stereocenters. The highest BCUT2D eigenvalue weighted by molar-refractivity contribution is 6.06. The molecule has 0 fully saturated rings. The van der Waals surface area contributed by atoms with Gasteiger partial charge < -0.3 is 14.2 Å². The summed E-state index contributed by atoms with van der Waals surface area (Å²) in [6, 6.07) is 7.51. The van der Waals surface area contributed by atoms with Crippen molar-refractivity contribution in [2.75, 3.05) is 7.11 Å². The number of ether oxygens (including phenoxy) is 3. The molecule has 0 radical (unpaired) electrons. The van der Waals surface area contributed by atoms with Gasteiger partial charge in [-0.25, -0.2) is 4.79 Å². The molecule has 0 aromatic heterocycles. The van der Waals surface area contributed by atoms with Gasteiger partial charge in [0.2, 0.25) is 0 Å². The smallest absolute Gasteiger partial charge is 0.465 e. The Hall–Kier alpha value is -2.89. The van der Waals surface area contributed by atoms with Crippen molar-refractivity contribution in [2.24, 2.45) is 10.8 Å². The monoisotopic (exact) mass is 438 g/mol. The van der Waals surface area contributed by atoms with E-state index in [2.05, 4.69) is 32.4 Å². The van der Waals surface area contributed by atoms with Gasteiger partial charge in [0.15, 0.2) is 11.6 Å². The van der Waals surface area contributed by atoms with Crippen LogP contribution >= 0.6 is 0 Å². The maximum atomic E-state index is 13.3. The Morgan fingerprint density at radius 3 is 1.88 bits per heavy atom. The van der Waals surface area contributed by atoms with Crippen LogP contribution in [0.15, 0.2) is 46.9 Å². The van der Waals surface area contributed by atoms with Crippen molar-refractivity contribution in [3.63, 3.8) is 0 Å². The minimum absolute atomic E-state index is 0.0449. The lowest BCUT2D eigenvalue weighted by Crippen LogP contribution is -2.37. The molecule has 0 spiro atoms. The van der Waals surface area contributed by atoms with Gasteiger partial charge in [-0.1, -0.05) is 52.0 Å². The second kappa shape index (κ2) is 7.91. The predicted molar refractivity (Wildman–Crippen MR) is 118 cm³/mol. The van der Waals surface area contributed by atoms with Crippen molar-refractivity contribution in [3.05, 3.63) is 58.1 Å². The Kier molecular flexibility index (Phi) is 5.51. The number of Topliss-reactive ketones (excluding diaryl/α,β-unsaturated/α-hetero) is 2. The summed E-state index contributed by atoms with van der Waals surface area (Å²) in [5.41, 5.74) is 2.55. The zero-order chi connectivity index (χ0) is 23.3. The summed E-state index contributed by atoms with van der Waals surface area (Å²) in [6.07, 6.45) is 1.45. The number of ketones is 2. The highest BCUT2D eigenvalue weighted by Gasteiger charge is 2.47. The van der Waals surface area contributed by atoms with Gasteiger partial charge in [-0.15, -0.1) is 0 Å². The summed E-state index contributed by atoms with van der Waals surface area (Å²) >= 11 is 0. The van der Waals surface area contributed by atoms with Crippen LogP contribution in [0.4, 0.5) is 4.79 Å². The summed E-state index contributed by atoms with van der Waals surface area (Å²) < 4.78 is 15.8. The molecule has 0 saturated carbocycles. The normalized spacial score (nSPS) is 22.2. The maximum absolute atomic E-state index is 13.3. The Morgan fingerprint density at radius 1 is 0.906 bits per heavy atom. The van der Waals surface area contributed by atoms with Gasteiger partial charge in [-0.3, -0.25) is 9.59 Å². The lowest BCUT2D eigenvalue weighted by Gasteiger charge is -2.42. The molecule has 0 N–H and O–H groups in total. The van der Waals surface area contributed by atoms with Crippen LogP contribution in [0.1, 0.15) is 70.4 Å². The van der Waals surface area contributed by atoms with E-state index in [1.54, 1.807) is 0 Å². The van der Waals surface area contributed by atoms with E-state index < -0.39 is 12.1 Å². The van der Waals surface area contributed by atoms with Gasteiger partial charge in [-0.2, -0.15) is 0 Å². The van der Waals surface area contributed by atoms with E-state index in [-0.39, 0.29) is 29.0 Å². The van der Waals surface area contributed by atoms with E-state index >= 15 is 0 Å². The molecule has 2 aliphatic carbocycles. The predicted octanol–water partition coefficient (Wildman–Crippen LogP) is 5.37. The van der Waals surface area contributed by atoms with E-state index in [9.17, 15) is 14.4 Å². The van der Waals surface area contributed by atoms with Gasteiger partial charge in [0, 0.05) is 42.7 Å². The molecule has 0 amide bonds. The Labute approximate surface area is 188 Å². The first-order valence-corrected chi connectivity index (χ1v) is 11.0. The molecule has 0 atom stereocenters. The highest BCUT2D eigenvalue weighted by Crippen LogP contribution is 2.53. The van der Waals surface area contributed by atoms with Crippen LogP contribution in [0.2, 0.25) is 0 Å². The molecule has 6 nitrogen and oxygen atoms in total. The zero-order valence-corrected chi connectivity index (χ0v) is 19.4. The first-order chi connectivity index (χ1) is 15.0. The topological polar surface area (TPSA) is 78.9 Å². The van der Waals surface area contributed by atoms with Crippen molar-refractivity contribution in [3.8, 4) is 0 Å². The molecule has 1 aliphatic heterocycles. The third-order valence-electron chi connectivity index (χ3n) is 6.42. The van der Waals surface area contributed by atoms with Crippen LogP contribution in [-0.4, -0.2) is 24.8 Å². The molecule has 1 aromatic rings. The first kappa shape index (κ1) is 22.3. The van der Waals surface area contributed by atoms with E-state index in [0.29, 0.717) is 48.3 Å². The number of carbonyl (C=O) groups excluding carboxylic acids is 3. The minimum atomic E-state index is -0.742. The Morgan fingerprint density at radius 2 is 1.41 bits per heavy atom. The van der Waals surface area contributed by atoms with Crippen molar-refractivity contribution >= 4 is 17.7 Å². The second-order valence-electron chi connectivity index (χ2n) is 10.6. The molecule has 0 saturated heterocycles. The van der Waals surface area contributed by atoms with Crippen molar-refractivity contribution in [1.82, 2.24) is 0 Å². The fourth-order valence-corrected chi connectivity index (χ4v) is 5.02. The van der Waals surface area contributed by atoms with E-state index in [1.807, 2.05) is 24.3 Å². The SMILES string of the molecule is COC(=O)OCc1ccc(C2C3=C(CC(C)(C)CC3=O)OC3=C2C(=O)CC(C)(C)C3)cc1. The van der Waals surface area contributed by atoms with E-state index in [4.69, 9.17) is 9.47 Å². The maximum Gasteiger partial charge on any atom is 0.508 e. The molecule has 3 aliphatic rings. The van der Waals surface area contributed by atoms with E-state index in [0.717, 1.165) is 11.1 Å². The molecule has 170 valence electrons.